The zero-order chi connectivity index (χ0) is 27.3. The minimum Gasteiger partial charge on any atom is -0.492 e. The summed E-state index contributed by atoms with van der Waals surface area (Å²) < 4.78 is 16.9. The number of carbonyl (C=O) groups is 2. The van der Waals surface area contributed by atoms with Gasteiger partial charge < -0.3 is 29.5 Å². The Labute approximate surface area is 224 Å². The largest absolute Gasteiger partial charge is 0.492 e. The number of carboxylic acids is 1. The van der Waals surface area contributed by atoms with Crippen LogP contribution in [0.2, 0.25) is 0 Å². The first-order valence-corrected chi connectivity index (χ1v) is 12.8. The van der Waals surface area contributed by atoms with Gasteiger partial charge in [-0.05, 0) is 66.9 Å². The Morgan fingerprint density at radius 2 is 1.53 bits per heavy atom. The lowest BCUT2D eigenvalue weighted by molar-refractivity contribution is -0.149. The molecule has 0 spiro atoms. The van der Waals surface area contributed by atoms with Gasteiger partial charge in [-0.25, -0.2) is 9.59 Å². The highest BCUT2D eigenvalue weighted by molar-refractivity contribution is 5.89. The highest BCUT2D eigenvalue weighted by Crippen LogP contribution is 2.23. The number of para-hydroxylation sites is 1. The summed E-state index contributed by atoms with van der Waals surface area (Å²) >= 11 is 0. The number of amides is 2. The van der Waals surface area contributed by atoms with E-state index in [9.17, 15) is 14.7 Å². The minimum absolute atomic E-state index is 0.204. The van der Waals surface area contributed by atoms with Crippen molar-refractivity contribution in [1.82, 2.24) is 4.90 Å². The molecule has 38 heavy (non-hydrogen) atoms. The van der Waals surface area contributed by atoms with Crippen molar-refractivity contribution in [2.45, 2.75) is 33.3 Å². The number of rotatable bonds is 14. The Morgan fingerprint density at radius 3 is 2.13 bits per heavy atom. The molecule has 8 nitrogen and oxygen atoms in total. The van der Waals surface area contributed by atoms with Crippen LogP contribution in [0.4, 0.5) is 10.5 Å². The average molecular weight is 521 g/mol. The number of hydrogen-bond acceptors (Lipinski definition) is 5. The van der Waals surface area contributed by atoms with Crippen LogP contribution in [0.5, 0.6) is 17.2 Å². The highest BCUT2D eigenvalue weighted by atomic mass is 16.5. The Morgan fingerprint density at radius 1 is 0.895 bits per heavy atom. The second-order valence-corrected chi connectivity index (χ2v) is 9.19. The van der Waals surface area contributed by atoms with Crippen LogP contribution < -0.4 is 14.8 Å². The molecule has 0 fully saturated rings. The normalized spacial score (nSPS) is 11.6. The first-order chi connectivity index (χ1) is 18.3. The Balaban J connectivity index is 1.51. The van der Waals surface area contributed by atoms with E-state index in [1.165, 1.54) is 0 Å². The zero-order valence-electron chi connectivity index (χ0n) is 22.1. The molecule has 202 valence electrons. The Bertz CT molecular complexity index is 1130. The van der Waals surface area contributed by atoms with Crippen LogP contribution >= 0.6 is 0 Å². The summed E-state index contributed by atoms with van der Waals surface area (Å²) in [6, 6.07) is 23.8. The summed E-state index contributed by atoms with van der Waals surface area (Å²) in [7, 11) is 0. The summed E-state index contributed by atoms with van der Waals surface area (Å²) in [5, 5.41) is 12.2. The highest BCUT2D eigenvalue weighted by Gasteiger charge is 2.18. The van der Waals surface area contributed by atoms with E-state index < -0.39 is 12.1 Å². The number of aliphatic carboxylic acids is 1. The van der Waals surface area contributed by atoms with E-state index in [0.717, 1.165) is 11.3 Å². The third-order valence-electron chi connectivity index (χ3n) is 5.57. The molecule has 0 aliphatic heterocycles. The second-order valence-electron chi connectivity index (χ2n) is 9.19. The molecule has 0 bridgehead atoms. The van der Waals surface area contributed by atoms with Crippen molar-refractivity contribution < 1.29 is 28.9 Å². The fourth-order valence-corrected chi connectivity index (χ4v) is 3.78. The molecule has 0 radical (unpaired) electrons. The number of urea groups is 1. The number of carbonyl (C=O) groups excluding carboxylic acids is 1. The van der Waals surface area contributed by atoms with Gasteiger partial charge in [0.2, 0.25) is 0 Å². The van der Waals surface area contributed by atoms with Crippen molar-refractivity contribution in [3.63, 3.8) is 0 Å². The fraction of sp³-hybridized carbons (Fsp3) is 0.333. The van der Waals surface area contributed by atoms with Crippen LogP contribution in [0.15, 0.2) is 78.9 Å². The SMILES string of the molecule is CCOC(Cc1ccc(OCCN(CC(C)C)C(=O)Nc2ccc(Oc3ccccc3)cc2)cc1)C(=O)O. The molecule has 0 aliphatic rings. The number of benzene rings is 3. The molecule has 0 aromatic heterocycles. The van der Waals surface area contributed by atoms with E-state index >= 15 is 0 Å². The van der Waals surface area contributed by atoms with Crippen LogP contribution in [-0.2, 0) is 16.0 Å². The Hall–Kier alpha value is -4.04. The third-order valence-corrected chi connectivity index (χ3v) is 5.57. The smallest absolute Gasteiger partial charge is 0.333 e. The van der Waals surface area contributed by atoms with Gasteiger partial charge in [0.05, 0.1) is 6.54 Å². The number of anilines is 1. The lowest BCUT2D eigenvalue weighted by atomic mass is 10.1. The van der Waals surface area contributed by atoms with Crippen molar-refractivity contribution in [2.75, 3.05) is 31.6 Å². The predicted octanol–water partition coefficient (Wildman–Crippen LogP) is 6.08. The fourth-order valence-electron chi connectivity index (χ4n) is 3.78. The van der Waals surface area contributed by atoms with Crippen LogP contribution in [0.3, 0.4) is 0 Å². The maximum absolute atomic E-state index is 13.0. The molecule has 2 N–H and O–H groups in total. The van der Waals surface area contributed by atoms with E-state index in [4.69, 9.17) is 14.2 Å². The molecule has 3 rings (SSSR count). The van der Waals surface area contributed by atoms with Gasteiger partial charge in [0.25, 0.3) is 0 Å². The average Bonchev–Trinajstić information content (AvgIpc) is 2.90. The van der Waals surface area contributed by atoms with Crippen molar-refractivity contribution >= 4 is 17.7 Å². The van der Waals surface area contributed by atoms with Crippen LogP contribution in [0.25, 0.3) is 0 Å². The van der Waals surface area contributed by atoms with Gasteiger partial charge in [0, 0.05) is 25.3 Å². The van der Waals surface area contributed by atoms with Crippen molar-refractivity contribution in [1.29, 1.82) is 0 Å². The van der Waals surface area contributed by atoms with Crippen LogP contribution in [0, 0.1) is 5.92 Å². The molecule has 1 unspecified atom stereocenters. The van der Waals surface area contributed by atoms with E-state index in [0.29, 0.717) is 43.5 Å². The van der Waals surface area contributed by atoms with Gasteiger partial charge in [-0.3, -0.25) is 0 Å². The molecule has 0 aliphatic carbocycles. The molecular formula is C30H36N2O6. The van der Waals surface area contributed by atoms with E-state index in [1.807, 2.05) is 66.7 Å². The number of nitrogens with one attached hydrogen (secondary N) is 1. The molecule has 3 aromatic rings. The number of nitrogens with zero attached hydrogens (tertiary/aromatic N) is 1. The summed E-state index contributed by atoms with van der Waals surface area (Å²) in [5.74, 6) is 1.39. The van der Waals surface area contributed by atoms with Crippen molar-refractivity contribution in [3.05, 3.63) is 84.4 Å². The maximum Gasteiger partial charge on any atom is 0.333 e. The number of hydrogen-bond donors (Lipinski definition) is 2. The van der Waals surface area contributed by atoms with Gasteiger partial charge in [0.15, 0.2) is 6.10 Å². The van der Waals surface area contributed by atoms with Crippen LogP contribution in [0.1, 0.15) is 26.3 Å². The first kappa shape index (κ1) is 28.5. The van der Waals surface area contributed by atoms with Gasteiger partial charge in [0.1, 0.15) is 23.9 Å². The van der Waals surface area contributed by atoms with Crippen molar-refractivity contribution in [3.8, 4) is 17.2 Å². The van der Waals surface area contributed by atoms with Crippen LogP contribution in [-0.4, -0.2) is 54.4 Å². The lowest BCUT2D eigenvalue weighted by Gasteiger charge is -2.25. The van der Waals surface area contributed by atoms with Gasteiger partial charge in [-0.15, -0.1) is 0 Å². The molecular weight excluding hydrogens is 484 g/mol. The molecule has 1 atom stereocenters. The Kier molecular flexibility index (Phi) is 11.0. The summed E-state index contributed by atoms with van der Waals surface area (Å²) in [5.41, 5.74) is 1.52. The first-order valence-electron chi connectivity index (χ1n) is 12.8. The molecule has 3 aromatic carbocycles. The number of carboxylic acid groups (broad SMARTS) is 1. The van der Waals surface area contributed by atoms with Gasteiger partial charge >= 0.3 is 12.0 Å². The summed E-state index contributed by atoms with van der Waals surface area (Å²) in [6.07, 6.45) is -0.590. The van der Waals surface area contributed by atoms with Gasteiger partial charge in [-0.1, -0.05) is 44.2 Å². The molecule has 0 saturated heterocycles. The van der Waals surface area contributed by atoms with E-state index in [1.54, 1.807) is 24.0 Å². The summed E-state index contributed by atoms with van der Waals surface area (Å²) in [6.45, 7) is 7.54. The zero-order valence-corrected chi connectivity index (χ0v) is 22.1. The monoisotopic (exact) mass is 520 g/mol. The topological polar surface area (TPSA) is 97.3 Å². The van der Waals surface area contributed by atoms with E-state index in [-0.39, 0.29) is 18.4 Å². The maximum atomic E-state index is 13.0. The van der Waals surface area contributed by atoms with E-state index in [2.05, 4.69) is 19.2 Å². The standard InChI is InChI=1S/C30H36N2O6/c1-4-36-28(29(33)34)20-23-10-14-25(15-11-23)37-19-18-32(21-22(2)3)30(35)31-24-12-16-27(17-13-24)38-26-8-6-5-7-9-26/h5-17,22,28H,4,18-21H2,1-3H3,(H,31,35)(H,33,34). The van der Waals surface area contributed by atoms with Crippen molar-refractivity contribution in [2.24, 2.45) is 5.92 Å². The third kappa shape index (κ3) is 9.44. The lowest BCUT2D eigenvalue weighted by Crippen LogP contribution is -2.40. The number of ether oxygens (including phenoxy) is 3. The molecule has 8 heteroatoms. The molecule has 2 amide bonds. The quantitative estimate of drug-likeness (QED) is 0.267. The second kappa shape index (κ2) is 14.6. The predicted molar refractivity (Wildman–Crippen MR) is 147 cm³/mol. The van der Waals surface area contributed by atoms with Gasteiger partial charge in [-0.2, -0.15) is 0 Å². The minimum atomic E-state index is -0.979. The molecule has 0 heterocycles. The summed E-state index contributed by atoms with van der Waals surface area (Å²) in [4.78, 5) is 26.0. The molecule has 0 saturated carbocycles.